The van der Waals surface area contributed by atoms with Gasteiger partial charge in [-0.1, -0.05) is 5.16 Å². The highest BCUT2D eigenvalue weighted by atomic mass is 32.2. The summed E-state index contributed by atoms with van der Waals surface area (Å²) in [6, 6.07) is 0. The molecule has 2 rings (SSSR count). The predicted molar refractivity (Wildman–Crippen MR) is 60.6 cm³/mol. The van der Waals surface area contributed by atoms with E-state index in [0.717, 1.165) is 19.3 Å². The number of ether oxygens (including phenoxy) is 1. The molecule has 0 bridgehead atoms. The van der Waals surface area contributed by atoms with E-state index in [-0.39, 0.29) is 11.4 Å². The Balaban J connectivity index is 1.94. The zero-order valence-electron chi connectivity index (χ0n) is 9.51. The zero-order chi connectivity index (χ0) is 12.3. The highest BCUT2D eigenvalue weighted by Crippen LogP contribution is 2.42. The number of carboxylic acids is 1. The van der Waals surface area contributed by atoms with Crippen molar-refractivity contribution in [2.75, 3.05) is 12.9 Å². The van der Waals surface area contributed by atoms with Crippen LogP contribution >= 0.6 is 11.8 Å². The lowest BCUT2D eigenvalue weighted by Crippen LogP contribution is -2.37. The summed E-state index contributed by atoms with van der Waals surface area (Å²) in [6.45, 7) is 0. The Morgan fingerprint density at radius 3 is 2.94 bits per heavy atom. The van der Waals surface area contributed by atoms with Gasteiger partial charge < -0.3 is 14.4 Å². The van der Waals surface area contributed by atoms with Crippen LogP contribution in [0.2, 0.25) is 0 Å². The van der Waals surface area contributed by atoms with Crippen molar-refractivity contribution in [1.82, 2.24) is 10.1 Å². The number of aromatic nitrogens is 2. The number of hydrogen-bond acceptors (Lipinski definition) is 6. The minimum Gasteiger partial charge on any atom is -0.481 e. The van der Waals surface area contributed by atoms with E-state index in [1.165, 1.54) is 11.8 Å². The molecule has 0 aliphatic heterocycles. The smallest absolute Gasteiger partial charge is 0.313 e. The Hall–Kier alpha value is -1.08. The van der Waals surface area contributed by atoms with Crippen LogP contribution in [-0.4, -0.2) is 34.1 Å². The Bertz CT molecular complexity index is 397. The summed E-state index contributed by atoms with van der Waals surface area (Å²) in [6.07, 6.45) is 2.92. The topological polar surface area (TPSA) is 85.5 Å². The van der Waals surface area contributed by atoms with E-state index in [2.05, 4.69) is 10.1 Å². The van der Waals surface area contributed by atoms with Crippen molar-refractivity contribution in [3.63, 3.8) is 0 Å². The molecule has 7 heteroatoms. The van der Waals surface area contributed by atoms with Crippen LogP contribution in [-0.2, 0) is 20.9 Å². The van der Waals surface area contributed by atoms with E-state index in [0.29, 0.717) is 17.5 Å². The van der Waals surface area contributed by atoms with Crippen LogP contribution in [0.4, 0.5) is 0 Å². The summed E-state index contributed by atoms with van der Waals surface area (Å²) in [4.78, 5) is 14.6. The summed E-state index contributed by atoms with van der Waals surface area (Å²) in [5, 5.41) is 12.4. The van der Waals surface area contributed by atoms with E-state index < -0.39 is 5.97 Å². The largest absolute Gasteiger partial charge is 0.481 e. The average molecular weight is 258 g/mol. The Kier molecular flexibility index (Phi) is 3.68. The molecule has 0 amide bonds. The number of thioether (sulfide) groups is 1. The number of nitrogens with zero attached hydrogens (tertiary/aromatic N) is 2. The minimum absolute atomic E-state index is 0.0349. The van der Waals surface area contributed by atoms with Gasteiger partial charge in [0.15, 0.2) is 0 Å². The summed E-state index contributed by atoms with van der Waals surface area (Å²) in [5.74, 6) is 0.639. The van der Waals surface area contributed by atoms with Crippen LogP contribution in [0.1, 0.15) is 31.0 Å². The van der Waals surface area contributed by atoms with Crippen LogP contribution < -0.4 is 0 Å². The Labute approximate surface area is 103 Å². The van der Waals surface area contributed by atoms with Crippen molar-refractivity contribution < 1.29 is 19.2 Å². The quantitative estimate of drug-likeness (QED) is 0.825. The van der Waals surface area contributed by atoms with Gasteiger partial charge in [0, 0.05) is 7.11 Å². The number of carboxylic acid groups (broad SMARTS) is 1. The number of rotatable bonds is 6. The summed E-state index contributed by atoms with van der Waals surface area (Å²) in [7, 11) is 1.65. The van der Waals surface area contributed by atoms with Gasteiger partial charge in [0.05, 0.1) is 11.5 Å². The van der Waals surface area contributed by atoms with Gasteiger partial charge in [-0.05, 0) is 19.3 Å². The molecular formula is C10H14N2O4S. The molecule has 1 fully saturated rings. The molecule has 6 nitrogen and oxygen atoms in total. The van der Waals surface area contributed by atoms with Gasteiger partial charge in [-0.25, -0.2) is 0 Å². The molecule has 1 aliphatic rings. The summed E-state index contributed by atoms with van der Waals surface area (Å²) < 4.78 is 10.5. The predicted octanol–water partition coefficient (Wildman–Crippen LogP) is 1.41. The highest BCUT2D eigenvalue weighted by Gasteiger charge is 2.43. The first kappa shape index (κ1) is 12.4. The molecule has 17 heavy (non-hydrogen) atoms. The van der Waals surface area contributed by atoms with E-state index in [9.17, 15) is 4.79 Å². The molecule has 94 valence electrons. The van der Waals surface area contributed by atoms with Gasteiger partial charge in [-0.2, -0.15) is 4.98 Å². The minimum atomic E-state index is -0.845. The van der Waals surface area contributed by atoms with Crippen molar-refractivity contribution in [3.05, 3.63) is 11.7 Å². The Morgan fingerprint density at radius 2 is 2.41 bits per heavy atom. The van der Waals surface area contributed by atoms with Crippen molar-refractivity contribution in [2.24, 2.45) is 0 Å². The molecule has 0 radical (unpaired) electrons. The molecular weight excluding hydrogens is 244 g/mol. The third kappa shape index (κ3) is 2.61. The van der Waals surface area contributed by atoms with Crippen molar-refractivity contribution in [3.8, 4) is 0 Å². The molecule has 1 N–H and O–H groups in total. The second-order valence-electron chi connectivity index (χ2n) is 3.95. The first-order chi connectivity index (χ1) is 8.16. The Morgan fingerprint density at radius 1 is 1.65 bits per heavy atom. The molecule has 1 aliphatic carbocycles. The molecule has 0 atom stereocenters. The van der Waals surface area contributed by atoms with Gasteiger partial charge in [-0.15, -0.1) is 11.8 Å². The fourth-order valence-corrected chi connectivity index (χ4v) is 2.31. The molecule has 1 aromatic heterocycles. The lowest BCUT2D eigenvalue weighted by Gasteiger charge is -2.37. The number of methoxy groups -OCH3 is 1. The molecule has 0 spiro atoms. The van der Waals surface area contributed by atoms with Crippen LogP contribution in [0.5, 0.6) is 0 Å². The third-order valence-corrected chi connectivity index (χ3v) is 3.78. The van der Waals surface area contributed by atoms with E-state index in [4.69, 9.17) is 14.4 Å². The molecule has 0 aromatic carbocycles. The van der Waals surface area contributed by atoms with Crippen LogP contribution in [0.3, 0.4) is 0 Å². The molecule has 1 aromatic rings. The maximum Gasteiger partial charge on any atom is 0.313 e. The number of carbonyl (C=O) groups is 1. The molecule has 1 saturated carbocycles. The van der Waals surface area contributed by atoms with Crippen LogP contribution in [0, 0.1) is 0 Å². The van der Waals surface area contributed by atoms with E-state index in [1.54, 1.807) is 7.11 Å². The standard InChI is InChI=1S/C10H14N2O4S/c1-15-10(3-2-4-10)9-11-7(16-12-9)5-17-6-8(13)14/h2-6H2,1H3,(H,13,14). The van der Waals surface area contributed by atoms with Crippen LogP contribution in [0.25, 0.3) is 0 Å². The first-order valence-electron chi connectivity index (χ1n) is 5.34. The molecule has 0 saturated heterocycles. The van der Waals surface area contributed by atoms with Crippen molar-refractivity contribution in [2.45, 2.75) is 30.6 Å². The molecule has 0 unspecified atom stereocenters. The molecule has 1 heterocycles. The second-order valence-corrected chi connectivity index (χ2v) is 4.94. The van der Waals surface area contributed by atoms with Gasteiger partial charge in [0.1, 0.15) is 5.60 Å². The maximum absolute atomic E-state index is 10.3. The van der Waals surface area contributed by atoms with Gasteiger partial charge in [0.25, 0.3) is 0 Å². The van der Waals surface area contributed by atoms with Gasteiger partial charge >= 0.3 is 5.97 Å². The van der Waals surface area contributed by atoms with Gasteiger partial charge in [0.2, 0.25) is 11.7 Å². The zero-order valence-corrected chi connectivity index (χ0v) is 10.3. The second kappa shape index (κ2) is 5.05. The van der Waals surface area contributed by atoms with Crippen molar-refractivity contribution in [1.29, 1.82) is 0 Å². The first-order valence-corrected chi connectivity index (χ1v) is 6.49. The van der Waals surface area contributed by atoms with Gasteiger partial charge in [-0.3, -0.25) is 4.79 Å². The lowest BCUT2D eigenvalue weighted by molar-refractivity contribution is -0.133. The summed E-state index contributed by atoms with van der Waals surface area (Å²) in [5.41, 5.74) is -0.376. The highest BCUT2D eigenvalue weighted by molar-refractivity contribution is 7.99. The fourth-order valence-electron chi connectivity index (χ4n) is 1.74. The van der Waals surface area contributed by atoms with Crippen molar-refractivity contribution >= 4 is 17.7 Å². The lowest BCUT2D eigenvalue weighted by atomic mass is 9.79. The monoisotopic (exact) mass is 258 g/mol. The SMILES string of the molecule is COC1(c2noc(CSCC(=O)O)n2)CCC1. The fraction of sp³-hybridized carbons (Fsp3) is 0.700. The van der Waals surface area contributed by atoms with Crippen LogP contribution in [0.15, 0.2) is 4.52 Å². The number of hydrogen-bond donors (Lipinski definition) is 1. The average Bonchev–Trinajstić information content (AvgIpc) is 2.66. The normalized spacial score (nSPS) is 17.7. The van der Waals surface area contributed by atoms with E-state index >= 15 is 0 Å². The maximum atomic E-state index is 10.3. The third-order valence-electron chi connectivity index (χ3n) is 2.88. The summed E-state index contributed by atoms with van der Waals surface area (Å²) >= 11 is 1.24. The number of aliphatic carboxylic acids is 1. The van der Waals surface area contributed by atoms with E-state index in [1.807, 2.05) is 0 Å².